The van der Waals surface area contributed by atoms with Gasteiger partial charge in [0.1, 0.15) is 17.3 Å². The van der Waals surface area contributed by atoms with Crippen LogP contribution >= 0.6 is 0 Å². The van der Waals surface area contributed by atoms with Crippen molar-refractivity contribution in [3.63, 3.8) is 0 Å². The molecule has 0 bridgehead atoms. The van der Waals surface area contributed by atoms with E-state index in [0.717, 1.165) is 0 Å². The third-order valence-corrected chi connectivity index (χ3v) is 7.19. The molecule has 4 rings (SSSR count). The third kappa shape index (κ3) is 2.60. The standard InChI is InChI=1S/C22H22N2O6/c1-21-16(25)12-13-22(21,26)20(24(29)30)17(14-8-4-2-5-9-14)19(23(27)28)18(21)15-10-6-3-7-11-15/h2-11,17-20,26H,12-13H2,1H3/t17-,18-,19-,20+,21+,22+/m1/s1. The van der Waals surface area contributed by atoms with Crippen LogP contribution in [0.1, 0.15) is 42.7 Å². The van der Waals surface area contributed by atoms with Crippen molar-refractivity contribution in [3.05, 3.63) is 92.0 Å². The molecule has 0 spiro atoms. The molecule has 2 fully saturated rings. The van der Waals surface area contributed by atoms with Crippen LogP contribution in [-0.4, -0.2) is 38.4 Å². The molecule has 6 atom stereocenters. The second-order valence-electron chi connectivity index (χ2n) is 8.38. The van der Waals surface area contributed by atoms with E-state index in [2.05, 4.69) is 0 Å². The van der Waals surface area contributed by atoms with Crippen molar-refractivity contribution in [1.82, 2.24) is 0 Å². The van der Waals surface area contributed by atoms with Crippen molar-refractivity contribution in [3.8, 4) is 0 Å². The Morgan fingerprint density at radius 2 is 1.47 bits per heavy atom. The van der Waals surface area contributed by atoms with E-state index in [9.17, 15) is 30.1 Å². The van der Waals surface area contributed by atoms with Crippen LogP contribution < -0.4 is 0 Å². The number of hydrogen-bond acceptors (Lipinski definition) is 6. The number of fused-ring (bicyclic) bond motifs is 1. The van der Waals surface area contributed by atoms with Gasteiger partial charge in [-0.3, -0.25) is 25.0 Å². The number of nitrogens with zero attached hydrogens (tertiary/aromatic N) is 2. The Morgan fingerprint density at radius 3 is 1.97 bits per heavy atom. The molecule has 30 heavy (non-hydrogen) atoms. The first-order valence-electron chi connectivity index (χ1n) is 9.86. The van der Waals surface area contributed by atoms with Crippen molar-refractivity contribution in [2.75, 3.05) is 0 Å². The lowest BCUT2D eigenvalue weighted by Crippen LogP contribution is -2.69. The normalized spacial score (nSPS) is 35.6. The van der Waals surface area contributed by atoms with Gasteiger partial charge in [0.2, 0.25) is 6.04 Å². The maximum Gasteiger partial charge on any atom is 0.255 e. The predicted octanol–water partition coefficient (Wildman–Crippen LogP) is 2.96. The largest absolute Gasteiger partial charge is 0.382 e. The van der Waals surface area contributed by atoms with Gasteiger partial charge in [-0.05, 0) is 24.5 Å². The van der Waals surface area contributed by atoms with Gasteiger partial charge in [0, 0.05) is 16.3 Å². The van der Waals surface area contributed by atoms with Gasteiger partial charge in [-0.1, -0.05) is 60.7 Å². The summed E-state index contributed by atoms with van der Waals surface area (Å²) in [6.07, 6.45) is -0.141. The van der Waals surface area contributed by atoms with Gasteiger partial charge in [-0.2, -0.15) is 0 Å². The summed E-state index contributed by atoms with van der Waals surface area (Å²) in [5, 5.41) is 36.4. The molecule has 0 aromatic heterocycles. The molecule has 8 nitrogen and oxygen atoms in total. The maximum absolute atomic E-state index is 13.1. The summed E-state index contributed by atoms with van der Waals surface area (Å²) in [4.78, 5) is 36.6. The summed E-state index contributed by atoms with van der Waals surface area (Å²) in [6.45, 7) is 1.47. The van der Waals surface area contributed by atoms with Gasteiger partial charge in [0.25, 0.3) is 6.04 Å². The van der Waals surface area contributed by atoms with Gasteiger partial charge in [0.05, 0.1) is 11.3 Å². The van der Waals surface area contributed by atoms with Crippen molar-refractivity contribution < 1.29 is 19.7 Å². The number of carbonyl (C=O) groups is 1. The molecule has 2 saturated carbocycles. The number of rotatable bonds is 4. The van der Waals surface area contributed by atoms with Gasteiger partial charge in [-0.15, -0.1) is 0 Å². The number of aliphatic hydroxyl groups is 1. The van der Waals surface area contributed by atoms with Crippen LogP contribution in [0.5, 0.6) is 0 Å². The molecule has 0 unspecified atom stereocenters. The number of carbonyl (C=O) groups excluding carboxylic acids is 1. The highest BCUT2D eigenvalue weighted by molar-refractivity contribution is 5.90. The van der Waals surface area contributed by atoms with Crippen LogP contribution in [0.15, 0.2) is 60.7 Å². The first-order valence-corrected chi connectivity index (χ1v) is 9.86. The van der Waals surface area contributed by atoms with Crippen molar-refractivity contribution in [2.24, 2.45) is 5.41 Å². The minimum Gasteiger partial charge on any atom is -0.382 e. The predicted molar refractivity (Wildman–Crippen MR) is 107 cm³/mol. The minimum atomic E-state index is -2.00. The summed E-state index contributed by atoms with van der Waals surface area (Å²) in [6, 6.07) is 13.7. The summed E-state index contributed by atoms with van der Waals surface area (Å²) in [7, 11) is 0. The van der Waals surface area contributed by atoms with Crippen molar-refractivity contribution in [2.45, 2.75) is 49.3 Å². The van der Waals surface area contributed by atoms with Crippen molar-refractivity contribution >= 4 is 5.78 Å². The molecule has 0 heterocycles. The van der Waals surface area contributed by atoms with E-state index in [0.29, 0.717) is 11.1 Å². The lowest BCUT2D eigenvalue weighted by atomic mass is 9.50. The van der Waals surface area contributed by atoms with Crippen LogP contribution in [0.2, 0.25) is 0 Å². The lowest BCUT2D eigenvalue weighted by molar-refractivity contribution is -0.599. The van der Waals surface area contributed by atoms with Gasteiger partial charge in [0.15, 0.2) is 0 Å². The molecule has 2 aromatic carbocycles. The fourth-order valence-corrected chi connectivity index (χ4v) is 5.80. The van der Waals surface area contributed by atoms with Gasteiger partial charge >= 0.3 is 0 Å². The molecule has 8 heteroatoms. The number of ketones is 1. The summed E-state index contributed by atoms with van der Waals surface area (Å²) < 4.78 is 0. The topological polar surface area (TPSA) is 124 Å². The average Bonchev–Trinajstić information content (AvgIpc) is 2.97. The highest BCUT2D eigenvalue weighted by atomic mass is 16.6. The van der Waals surface area contributed by atoms with Crippen molar-refractivity contribution in [1.29, 1.82) is 0 Å². The lowest BCUT2D eigenvalue weighted by Gasteiger charge is -2.52. The van der Waals surface area contributed by atoms with E-state index in [1.807, 2.05) is 0 Å². The molecule has 0 saturated heterocycles. The molecular weight excluding hydrogens is 388 g/mol. The zero-order valence-electron chi connectivity index (χ0n) is 16.4. The Kier molecular flexibility index (Phi) is 4.69. The van der Waals surface area contributed by atoms with E-state index in [1.165, 1.54) is 6.92 Å². The SMILES string of the molecule is C[C@@]12C(=O)CC[C@]1(O)[C@@H]([N+](=O)[O-])[C@H](c1ccccc1)[C@@H]([N+](=O)[O-])[C@H]2c1ccccc1. The maximum atomic E-state index is 13.1. The van der Waals surface area contributed by atoms with Gasteiger partial charge in [-0.25, -0.2) is 0 Å². The van der Waals surface area contributed by atoms with Crippen LogP contribution in [0, 0.1) is 25.6 Å². The molecule has 0 aliphatic heterocycles. The van der Waals surface area contributed by atoms with Crippen LogP contribution in [0.25, 0.3) is 0 Å². The van der Waals surface area contributed by atoms with Crippen LogP contribution in [0.4, 0.5) is 0 Å². The Morgan fingerprint density at radius 1 is 0.933 bits per heavy atom. The van der Waals surface area contributed by atoms with E-state index < -0.39 is 44.8 Å². The van der Waals surface area contributed by atoms with Crippen LogP contribution in [-0.2, 0) is 4.79 Å². The Labute approximate surface area is 172 Å². The summed E-state index contributed by atoms with van der Waals surface area (Å²) in [5.74, 6) is -2.57. The molecule has 2 aliphatic rings. The average molecular weight is 410 g/mol. The van der Waals surface area contributed by atoms with E-state index in [-0.39, 0.29) is 18.6 Å². The van der Waals surface area contributed by atoms with E-state index in [1.54, 1.807) is 60.7 Å². The quantitative estimate of drug-likeness (QED) is 0.610. The number of Topliss-reactive ketones (excluding diaryl/α,β-unsaturated/α-hetero) is 1. The number of nitro groups is 2. The van der Waals surface area contributed by atoms with Crippen LogP contribution in [0.3, 0.4) is 0 Å². The first-order chi connectivity index (χ1) is 14.2. The monoisotopic (exact) mass is 410 g/mol. The Bertz CT molecular complexity index is 997. The molecule has 1 N–H and O–H groups in total. The summed E-state index contributed by atoms with van der Waals surface area (Å²) in [5.41, 5.74) is -2.70. The Hall–Kier alpha value is -3.13. The fourth-order valence-electron chi connectivity index (χ4n) is 5.80. The minimum absolute atomic E-state index is 0.0490. The number of benzene rings is 2. The molecule has 0 radical (unpaired) electrons. The smallest absolute Gasteiger partial charge is 0.255 e. The highest BCUT2D eigenvalue weighted by Crippen LogP contribution is 2.63. The Balaban J connectivity index is 2.05. The van der Waals surface area contributed by atoms with E-state index >= 15 is 0 Å². The zero-order chi connectivity index (χ0) is 21.7. The summed E-state index contributed by atoms with van der Waals surface area (Å²) >= 11 is 0. The zero-order valence-corrected chi connectivity index (χ0v) is 16.4. The molecule has 0 amide bonds. The number of hydrogen-bond donors (Lipinski definition) is 1. The molecule has 2 aromatic rings. The van der Waals surface area contributed by atoms with E-state index in [4.69, 9.17) is 0 Å². The second-order valence-corrected chi connectivity index (χ2v) is 8.38. The molecular formula is C22H22N2O6. The second kappa shape index (κ2) is 6.98. The molecule has 156 valence electrons. The fraction of sp³-hybridized carbons (Fsp3) is 0.409. The highest BCUT2D eigenvalue weighted by Gasteiger charge is 2.78. The first kappa shape index (κ1) is 20.2. The third-order valence-electron chi connectivity index (χ3n) is 7.19. The van der Waals surface area contributed by atoms with Gasteiger partial charge < -0.3 is 5.11 Å². The molecule has 2 aliphatic carbocycles.